The second-order valence-corrected chi connectivity index (χ2v) is 11.2. The van der Waals surface area contributed by atoms with Gasteiger partial charge >= 0.3 is 0 Å². The highest BCUT2D eigenvalue weighted by Crippen LogP contribution is 2.29. The zero-order chi connectivity index (χ0) is 28.6. The van der Waals surface area contributed by atoms with Crippen LogP contribution in [0.5, 0.6) is 0 Å². The Morgan fingerprint density at radius 1 is 1.05 bits per heavy atom. The Bertz CT molecular complexity index is 1520. The number of amides is 2. The second kappa shape index (κ2) is 13.9. The van der Waals surface area contributed by atoms with E-state index in [-0.39, 0.29) is 16.3 Å². The summed E-state index contributed by atoms with van der Waals surface area (Å²) in [5.74, 6) is -0.926. The molecule has 2 amide bonds. The van der Waals surface area contributed by atoms with E-state index in [0.29, 0.717) is 22.8 Å². The molecule has 0 spiro atoms. The van der Waals surface area contributed by atoms with Crippen LogP contribution in [0.1, 0.15) is 22.3 Å². The summed E-state index contributed by atoms with van der Waals surface area (Å²) in [5, 5.41) is 13.1. The van der Waals surface area contributed by atoms with Gasteiger partial charge in [0.15, 0.2) is 0 Å². The molecule has 4 aromatic rings. The number of aromatic nitrogens is 2. The summed E-state index contributed by atoms with van der Waals surface area (Å²) < 4.78 is 7.17. The van der Waals surface area contributed by atoms with Gasteiger partial charge in [0.2, 0.25) is 0 Å². The summed E-state index contributed by atoms with van der Waals surface area (Å²) in [6.45, 7) is 4.51. The Hall–Kier alpha value is -3.47. The molecule has 8 nitrogen and oxygen atoms in total. The van der Waals surface area contributed by atoms with Crippen molar-refractivity contribution in [2.45, 2.75) is 6.42 Å². The van der Waals surface area contributed by atoms with E-state index in [1.165, 1.54) is 12.1 Å². The Morgan fingerprint density at radius 2 is 1.85 bits per heavy atom. The van der Waals surface area contributed by atoms with Gasteiger partial charge in [0.25, 0.3) is 11.8 Å². The number of carbonyl (C=O) groups is 2. The minimum absolute atomic E-state index is 0.0813. The Labute approximate surface area is 252 Å². The lowest BCUT2D eigenvalue weighted by Gasteiger charge is -2.26. The molecule has 0 atom stereocenters. The molecule has 41 heavy (non-hydrogen) atoms. The molecule has 1 aliphatic rings. The maximum absolute atomic E-state index is 13.5. The van der Waals surface area contributed by atoms with E-state index in [1.54, 1.807) is 28.2 Å². The van der Waals surface area contributed by atoms with E-state index in [4.69, 9.17) is 33.0 Å². The van der Waals surface area contributed by atoms with Gasteiger partial charge in [0.1, 0.15) is 11.4 Å². The van der Waals surface area contributed by atoms with Crippen LogP contribution in [0.3, 0.4) is 0 Å². The summed E-state index contributed by atoms with van der Waals surface area (Å²) >= 11 is 13.9. The van der Waals surface area contributed by atoms with Gasteiger partial charge < -0.3 is 15.4 Å². The number of nitrogens with one attached hydrogen (secondary N) is 2. The lowest BCUT2D eigenvalue weighted by atomic mass is 10.1. The van der Waals surface area contributed by atoms with Crippen molar-refractivity contribution in [2.75, 3.05) is 39.4 Å². The van der Waals surface area contributed by atoms with Crippen LogP contribution in [0.15, 0.2) is 77.9 Å². The van der Waals surface area contributed by atoms with Crippen molar-refractivity contribution in [3.05, 3.63) is 99.1 Å². The van der Waals surface area contributed by atoms with Crippen molar-refractivity contribution in [3.63, 3.8) is 0 Å². The summed E-state index contributed by atoms with van der Waals surface area (Å²) in [7, 11) is 0. The minimum atomic E-state index is -0.519. The molecular weight excluding hydrogens is 581 g/mol. The molecule has 1 fully saturated rings. The van der Waals surface area contributed by atoms with E-state index < -0.39 is 11.8 Å². The third kappa shape index (κ3) is 7.63. The van der Waals surface area contributed by atoms with Gasteiger partial charge in [-0.2, -0.15) is 5.10 Å². The highest BCUT2D eigenvalue weighted by molar-refractivity contribution is 7.13. The number of rotatable bonds is 10. The maximum atomic E-state index is 13.5. The number of morpholine rings is 1. The van der Waals surface area contributed by atoms with Gasteiger partial charge in [0, 0.05) is 36.4 Å². The van der Waals surface area contributed by atoms with Crippen molar-refractivity contribution in [1.82, 2.24) is 25.3 Å². The van der Waals surface area contributed by atoms with Gasteiger partial charge in [-0.05, 0) is 60.8 Å². The highest BCUT2D eigenvalue weighted by atomic mass is 35.5. The molecule has 1 saturated heterocycles. The quantitative estimate of drug-likeness (QED) is 0.183. The molecule has 11 heteroatoms. The first kappa shape index (κ1) is 29.0. The zero-order valence-electron chi connectivity index (χ0n) is 22.2. The van der Waals surface area contributed by atoms with E-state index in [2.05, 4.69) is 15.5 Å². The lowest BCUT2D eigenvalue weighted by Crippen LogP contribution is -2.39. The average Bonchev–Trinajstić information content (AvgIpc) is 3.66. The van der Waals surface area contributed by atoms with Gasteiger partial charge in [-0.25, -0.2) is 4.68 Å². The SMILES string of the molecule is O=C(NCCCN1CCOCC1)/C(=C/c1cn(-c2ccccc2)nc1-c1cccs1)NC(=O)c1ccc(Cl)cc1Cl. The smallest absolute Gasteiger partial charge is 0.267 e. The minimum Gasteiger partial charge on any atom is -0.379 e. The van der Waals surface area contributed by atoms with Crippen LogP contribution in [0.2, 0.25) is 10.0 Å². The number of nitrogens with zero attached hydrogens (tertiary/aromatic N) is 3. The van der Waals surface area contributed by atoms with Gasteiger partial charge in [-0.3, -0.25) is 14.5 Å². The summed E-state index contributed by atoms with van der Waals surface area (Å²) in [5.41, 5.74) is 2.53. The van der Waals surface area contributed by atoms with E-state index in [1.807, 2.05) is 54.0 Å². The predicted molar refractivity (Wildman–Crippen MR) is 164 cm³/mol. The van der Waals surface area contributed by atoms with E-state index in [9.17, 15) is 9.59 Å². The van der Waals surface area contributed by atoms with Crippen molar-refractivity contribution in [3.8, 4) is 16.3 Å². The number of hydrogen-bond donors (Lipinski definition) is 2. The summed E-state index contributed by atoms with van der Waals surface area (Å²) in [6.07, 6.45) is 4.26. The number of para-hydroxylation sites is 1. The Kier molecular flexibility index (Phi) is 9.87. The predicted octanol–water partition coefficient (Wildman–Crippen LogP) is 5.52. The molecule has 2 aromatic carbocycles. The van der Waals surface area contributed by atoms with Crippen molar-refractivity contribution in [1.29, 1.82) is 0 Å². The second-order valence-electron chi connectivity index (χ2n) is 9.39. The first-order valence-electron chi connectivity index (χ1n) is 13.2. The molecule has 2 N–H and O–H groups in total. The monoisotopic (exact) mass is 609 g/mol. The summed E-state index contributed by atoms with van der Waals surface area (Å²) in [6, 6.07) is 18.2. The van der Waals surface area contributed by atoms with Crippen molar-refractivity contribution < 1.29 is 14.3 Å². The van der Waals surface area contributed by atoms with Gasteiger partial charge in [-0.15, -0.1) is 11.3 Å². The highest BCUT2D eigenvalue weighted by Gasteiger charge is 2.20. The standard InChI is InChI=1S/C30H29Cl2N5O3S/c31-22-9-10-24(25(32)19-22)29(38)34-26(30(39)33-11-5-12-36-13-15-40-16-14-36)18-21-20-37(23-6-2-1-3-7-23)35-28(21)27-8-4-17-41-27/h1-4,6-10,17-20H,5,11-16H2,(H,33,39)(H,34,38)/b26-18-. The van der Waals surface area contributed by atoms with Crippen LogP contribution in [-0.4, -0.2) is 65.9 Å². The number of benzene rings is 2. The zero-order valence-corrected chi connectivity index (χ0v) is 24.5. The number of thiophene rings is 1. The Balaban J connectivity index is 1.43. The third-order valence-corrected chi connectivity index (χ3v) is 7.95. The normalized spacial score (nSPS) is 14.1. The first-order valence-corrected chi connectivity index (χ1v) is 14.9. The topological polar surface area (TPSA) is 88.5 Å². The fourth-order valence-electron chi connectivity index (χ4n) is 4.41. The molecule has 0 radical (unpaired) electrons. The van der Waals surface area contributed by atoms with Crippen LogP contribution in [0.4, 0.5) is 0 Å². The van der Waals surface area contributed by atoms with E-state index >= 15 is 0 Å². The van der Waals surface area contributed by atoms with E-state index in [0.717, 1.165) is 49.8 Å². The molecular formula is C30H29Cl2N5O3S. The first-order chi connectivity index (χ1) is 20.0. The molecule has 2 aromatic heterocycles. The maximum Gasteiger partial charge on any atom is 0.267 e. The molecule has 5 rings (SSSR count). The number of carbonyl (C=O) groups excluding carboxylic acids is 2. The third-order valence-electron chi connectivity index (χ3n) is 6.53. The molecule has 3 heterocycles. The van der Waals surface area contributed by atoms with Crippen LogP contribution < -0.4 is 10.6 Å². The molecule has 0 aliphatic carbocycles. The van der Waals surface area contributed by atoms with Crippen LogP contribution in [0.25, 0.3) is 22.3 Å². The molecule has 212 valence electrons. The average molecular weight is 611 g/mol. The van der Waals surface area contributed by atoms with Gasteiger partial charge in [-0.1, -0.05) is 47.5 Å². The fourth-order valence-corrected chi connectivity index (χ4v) is 5.64. The Morgan fingerprint density at radius 3 is 2.59 bits per heavy atom. The summed E-state index contributed by atoms with van der Waals surface area (Å²) in [4.78, 5) is 30.0. The van der Waals surface area contributed by atoms with Crippen molar-refractivity contribution >= 4 is 52.4 Å². The molecule has 0 saturated carbocycles. The largest absolute Gasteiger partial charge is 0.379 e. The molecule has 0 unspecified atom stereocenters. The van der Waals surface area contributed by atoms with Gasteiger partial charge in [0.05, 0.1) is 34.4 Å². The van der Waals surface area contributed by atoms with Crippen LogP contribution >= 0.6 is 34.5 Å². The molecule has 0 bridgehead atoms. The lowest BCUT2D eigenvalue weighted by molar-refractivity contribution is -0.117. The number of halogens is 2. The van der Waals surface area contributed by atoms with Crippen LogP contribution in [0, 0.1) is 0 Å². The van der Waals surface area contributed by atoms with Crippen molar-refractivity contribution in [2.24, 2.45) is 0 Å². The number of ether oxygens (including phenoxy) is 1. The number of hydrogen-bond acceptors (Lipinski definition) is 6. The molecule has 1 aliphatic heterocycles. The van der Waals surface area contributed by atoms with Crippen LogP contribution in [-0.2, 0) is 9.53 Å². The fraction of sp³-hybridized carbons (Fsp3) is 0.233.